The van der Waals surface area contributed by atoms with Crippen molar-refractivity contribution < 1.29 is 24.3 Å². The highest BCUT2D eigenvalue weighted by molar-refractivity contribution is 6.02. The van der Waals surface area contributed by atoms with Gasteiger partial charge in [0.25, 0.3) is 5.91 Å². The summed E-state index contributed by atoms with van der Waals surface area (Å²) in [7, 11) is 0. The van der Waals surface area contributed by atoms with Crippen molar-refractivity contribution in [2.45, 2.75) is 18.7 Å². The maximum absolute atomic E-state index is 12.8. The molecule has 10 nitrogen and oxygen atoms in total. The van der Waals surface area contributed by atoms with Crippen molar-refractivity contribution in [1.29, 1.82) is 0 Å². The molecule has 31 heavy (non-hydrogen) atoms. The Morgan fingerprint density at radius 1 is 1.03 bits per heavy atom. The van der Waals surface area contributed by atoms with Gasteiger partial charge >= 0.3 is 6.09 Å². The van der Waals surface area contributed by atoms with E-state index in [0.29, 0.717) is 5.69 Å². The number of hydroxylamine groups is 1. The lowest BCUT2D eigenvalue weighted by molar-refractivity contribution is -0.133. The van der Waals surface area contributed by atoms with Crippen LogP contribution in [0.5, 0.6) is 0 Å². The first-order chi connectivity index (χ1) is 15.0. The molecule has 0 aliphatic rings. The highest BCUT2D eigenvalue weighted by atomic mass is 16.5. The molecule has 10 heteroatoms. The molecule has 0 saturated carbocycles. The number of nitrogens with zero attached hydrogens (tertiary/aromatic N) is 1. The van der Waals surface area contributed by atoms with Gasteiger partial charge in [0.1, 0.15) is 18.7 Å². The predicted octanol–water partition coefficient (Wildman–Crippen LogP) is 1.30. The molecule has 0 spiro atoms. The fourth-order valence-corrected chi connectivity index (χ4v) is 2.81. The van der Waals surface area contributed by atoms with Crippen LogP contribution in [0.3, 0.4) is 0 Å². The fourth-order valence-electron chi connectivity index (χ4n) is 2.81. The van der Waals surface area contributed by atoms with Crippen molar-refractivity contribution in [1.82, 2.24) is 15.8 Å². The van der Waals surface area contributed by atoms with Crippen molar-refractivity contribution in [3.63, 3.8) is 0 Å². The molecular weight excluding hydrogens is 402 g/mol. The minimum atomic E-state index is -1.57. The van der Waals surface area contributed by atoms with E-state index in [1.807, 2.05) is 12.1 Å². The summed E-state index contributed by atoms with van der Waals surface area (Å²) in [6.07, 6.45) is 0.696. The van der Waals surface area contributed by atoms with E-state index in [9.17, 15) is 14.4 Å². The molecule has 1 heterocycles. The van der Waals surface area contributed by atoms with E-state index < -0.39 is 30.0 Å². The highest BCUT2D eigenvalue weighted by Crippen LogP contribution is 2.17. The number of pyridine rings is 1. The van der Waals surface area contributed by atoms with E-state index >= 15 is 0 Å². The Bertz CT molecular complexity index is 1080. The number of fused-ring (bicyclic) bond motifs is 1. The monoisotopic (exact) mass is 423 g/mol. The van der Waals surface area contributed by atoms with Crippen LogP contribution in [0.1, 0.15) is 5.56 Å². The molecule has 1 unspecified atom stereocenters. The molecule has 6 N–H and O–H groups in total. The number of nitrogens with two attached hydrogens (primary N) is 1. The lowest BCUT2D eigenvalue weighted by Crippen LogP contribution is -2.59. The van der Waals surface area contributed by atoms with Gasteiger partial charge in [-0.1, -0.05) is 36.4 Å². The van der Waals surface area contributed by atoms with Crippen LogP contribution in [0, 0.1) is 0 Å². The Morgan fingerprint density at radius 3 is 2.55 bits per heavy atom. The van der Waals surface area contributed by atoms with Crippen molar-refractivity contribution in [2.75, 3.05) is 5.32 Å². The topological polar surface area (TPSA) is 156 Å². The van der Waals surface area contributed by atoms with Crippen LogP contribution in [0.4, 0.5) is 10.5 Å². The lowest BCUT2D eigenvalue weighted by atomic mass is 10.1. The number of carbonyl (C=O) groups is 3. The summed E-state index contributed by atoms with van der Waals surface area (Å²) in [5, 5.41) is 14.5. The zero-order valence-electron chi connectivity index (χ0n) is 16.3. The number of ether oxygens (including phenoxy) is 1. The smallest absolute Gasteiger partial charge is 0.408 e. The maximum atomic E-state index is 12.8. The molecule has 160 valence electrons. The first-order valence-electron chi connectivity index (χ1n) is 9.30. The highest BCUT2D eigenvalue weighted by Gasteiger charge is 2.33. The van der Waals surface area contributed by atoms with E-state index in [4.69, 9.17) is 15.7 Å². The van der Waals surface area contributed by atoms with Gasteiger partial charge in [-0.25, -0.2) is 10.3 Å². The number of hydrogen-bond donors (Lipinski definition) is 5. The average molecular weight is 423 g/mol. The number of hydrogen-bond acceptors (Lipinski definition) is 7. The number of alkyl carbamates (subject to hydrolysis) is 1. The second kappa shape index (κ2) is 10.1. The standard InChI is InChI=1S/C21H21N5O5/c22-17(19(27)26-30)18(25-21(29)31-12-13-5-2-1-3-6-13)20(28)24-15-8-9-16-14(11-15)7-4-10-23-16/h1-11,17-18,30H,12,22H2,(H,24,28)(H,25,29)(H,26,27)/t17?,18-/m0/s1. The number of anilines is 1. The quantitative estimate of drug-likeness (QED) is 0.283. The van der Waals surface area contributed by atoms with Gasteiger partial charge in [-0.05, 0) is 29.8 Å². The molecular formula is C21H21N5O5. The van der Waals surface area contributed by atoms with Gasteiger partial charge in [0, 0.05) is 17.3 Å². The molecule has 3 aromatic rings. The minimum absolute atomic E-state index is 0.0415. The summed E-state index contributed by atoms with van der Waals surface area (Å²) in [4.78, 5) is 41.0. The molecule has 3 rings (SSSR count). The van der Waals surface area contributed by atoms with Crippen molar-refractivity contribution in [2.24, 2.45) is 5.73 Å². The Labute approximate surface area is 177 Å². The number of amides is 3. The first kappa shape index (κ1) is 21.7. The molecule has 3 amide bonds. The third-order valence-electron chi connectivity index (χ3n) is 4.41. The van der Waals surface area contributed by atoms with Crippen LogP contribution in [-0.4, -0.2) is 40.2 Å². The Hall–Kier alpha value is -4.02. The summed E-state index contributed by atoms with van der Waals surface area (Å²) in [5.41, 5.74) is 9.01. The molecule has 0 bridgehead atoms. The summed E-state index contributed by atoms with van der Waals surface area (Å²) in [6.45, 7) is -0.0415. The Morgan fingerprint density at radius 2 is 1.81 bits per heavy atom. The summed E-state index contributed by atoms with van der Waals surface area (Å²) in [6, 6.07) is 14.4. The van der Waals surface area contributed by atoms with E-state index in [0.717, 1.165) is 16.5 Å². The van der Waals surface area contributed by atoms with Crippen LogP contribution >= 0.6 is 0 Å². The third-order valence-corrected chi connectivity index (χ3v) is 4.41. The minimum Gasteiger partial charge on any atom is -0.445 e. The molecule has 0 aliphatic heterocycles. The van der Waals surface area contributed by atoms with Crippen LogP contribution in [-0.2, 0) is 20.9 Å². The summed E-state index contributed by atoms with van der Waals surface area (Å²) >= 11 is 0. The largest absolute Gasteiger partial charge is 0.445 e. The number of aromatic nitrogens is 1. The molecule has 0 aliphatic carbocycles. The zero-order valence-corrected chi connectivity index (χ0v) is 16.3. The number of benzene rings is 2. The predicted molar refractivity (Wildman–Crippen MR) is 112 cm³/mol. The Balaban J connectivity index is 1.71. The molecule has 0 radical (unpaired) electrons. The second-order valence-electron chi connectivity index (χ2n) is 6.59. The van der Waals surface area contributed by atoms with E-state index in [1.165, 1.54) is 5.48 Å². The summed E-state index contributed by atoms with van der Waals surface area (Å²) in [5.74, 6) is -1.82. The third kappa shape index (κ3) is 5.75. The average Bonchev–Trinajstić information content (AvgIpc) is 2.80. The van der Waals surface area contributed by atoms with Crippen LogP contribution in [0.2, 0.25) is 0 Å². The zero-order chi connectivity index (χ0) is 22.2. The van der Waals surface area contributed by atoms with Crippen molar-refractivity contribution >= 4 is 34.5 Å². The van der Waals surface area contributed by atoms with Gasteiger partial charge in [-0.15, -0.1) is 0 Å². The maximum Gasteiger partial charge on any atom is 0.408 e. The molecule has 0 fully saturated rings. The van der Waals surface area contributed by atoms with Crippen molar-refractivity contribution in [3.8, 4) is 0 Å². The molecule has 1 aromatic heterocycles. The van der Waals surface area contributed by atoms with Gasteiger partial charge in [-0.2, -0.15) is 0 Å². The number of carbonyl (C=O) groups excluding carboxylic acids is 3. The second-order valence-corrected chi connectivity index (χ2v) is 6.59. The first-order valence-corrected chi connectivity index (χ1v) is 9.30. The van der Waals surface area contributed by atoms with E-state index in [1.54, 1.807) is 54.7 Å². The van der Waals surface area contributed by atoms with Gasteiger partial charge in [0.2, 0.25) is 5.91 Å². The van der Waals surface area contributed by atoms with Gasteiger partial charge < -0.3 is 21.1 Å². The fraction of sp³-hybridized carbons (Fsp3) is 0.143. The SMILES string of the molecule is NC(C(=O)NO)[C@H](NC(=O)OCc1ccccc1)C(=O)Nc1ccc2ncccc2c1. The molecule has 2 atom stereocenters. The lowest BCUT2D eigenvalue weighted by Gasteiger charge is -2.22. The van der Waals surface area contributed by atoms with Crippen LogP contribution < -0.4 is 21.8 Å². The molecule has 2 aromatic carbocycles. The number of rotatable bonds is 7. The van der Waals surface area contributed by atoms with Crippen LogP contribution in [0.15, 0.2) is 66.9 Å². The van der Waals surface area contributed by atoms with Crippen LogP contribution in [0.25, 0.3) is 10.9 Å². The normalized spacial score (nSPS) is 12.5. The van der Waals surface area contributed by atoms with E-state index in [-0.39, 0.29) is 6.61 Å². The van der Waals surface area contributed by atoms with E-state index in [2.05, 4.69) is 15.6 Å². The summed E-state index contributed by atoms with van der Waals surface area (Å²) < 4.78 is 5.09. The van der Waals surface area contributed by atoms with Gasteiger partial charge in [0.05, 0.1) is 5.52 Å². The van der Waals surface area contributed by atoms with Gasteiger partial charge in [0.15, 0.2) is 0 Å². The Kier molecular flexibility index (Phi) is 7.09. The number of nitrogens with one attached hydrogen (secondary N) is 3. The van der Waals surface area contributed by atoms with Crippen molar-refractivity contribution in [3.05, 3.63) is 72.4 Å². The molecule has 0 saturated heterocycles. The van der Waals surface area contributed by atoms with Gasteiger partial charge in [-0.3, -0.25) is 19.8 Å².